The molecule has 0 unspecified atom stereocenters. The Morgan fingerprint density at radius 3 is 2.00 bits per heavy atom. The summed E-state index contributed by atoms with van der Waals surface area (Å²) < 4.78 is 26.9. The molecule has 0 atom stereocenters. The fraction of sp³-hybridized carbons (Fsp3) is 0.222. The van der Waals surface area contributed by atoms with Crippen LogP contribution in [-0.2, 0) is 16.4 Å². The molecule has 1 N–H and O–H groups in total. The second-order valence-corrected chi connectivity index (χ2v) is 7.62. The first-order valence-electron chi connectivity index (χ1n) is 7.96. The molecule has 0 spiro atoms. The van der Waals surface area contributed by atoms with E-state index in [0.29, 0.717) is 16.8 Å². The highest BCUT2D eigenvalue weighted by Gasteiger charge is 2.35. The van der Waals surface area contributed by atoms with Gasteiger partial charge in [0.25, 0.3) is 11.8 Å². The molecule has 6 nitrogen and oxygen atoms in total. The van der Waals surface area contributed by atoms with E-state index in [4.69, 9.17) is 0 Å². The average Bonchev–Trinajstić information content (AvgIpc) is 2.85. The summed E-state index contributed by atoms with van der Waals surface area (Å²) >= 11 is 0. The molecule has 0 fully saturated rings. The first kappa shape index (κ1) is 17.2. The van der Waals surface area contributed by atoms with Crippen molar-refractivity contribution in [3.8, 4) is 0 Å². The van der Waals surface area contributed by atoms with E-state index in [1.807, 2.05) is 19.1 Å². The lowest BCUT2D eigenvalue weighted by atomic mass is 10.1. The van der Waals surface area contributed by atoms with Crippen LogP contribution in [0.5, 0.6) is 0 Å². The van der Waals surface area contributed by atoms with Crippen molar-refractivity contribution in [3.05, 3.63) is 65.2 Å². The summed E-state index contributed by atoms with van der Waals surface area (Å²) in [6.07, 6.45) is 0.868. The number of hydrogen-bond acceptors (Lipinski definition) is 4. The van der Waals surface area contributed by atoms with Crippen LogP contribution >= 0.6 is 0 Å². The number of anilines is 1. The van der Waals surface area contributed by atoms with Crippen molar-refractivity contribution < 1.29 is 18.0 Å². The van der Waals surface area contributed by atoms with E-state index in [2.05, 4.69) is 4.72 Å². The SMILES string of the molecule is CCc1ccc(NS(=O)(=O)CCN2C(=O)c3ccccc3C2=O)cc1. The third kappa shape index (κ3) is 3.56. The Morgan fingerprint density at radius 2 is 1.48 bits per heavy atom. The predicted molar refractivity (Wildman–Crippen MR) is 95.0 cm³/mol. The summed E-state index contributed by atoms with van der Waals surface area (Å²) in [7, 11) is -3.67. The number of nitrogens with zero attached hydrogens (tertiary/aromatic N) is 1. The van der Waals surface area contributed by atoms with Crippen LogP contribution in [-0.4, -0.2) is 37.4 Å². The highest BCUT2D eigenvalue weighted by molar-refractivity contribution is 7.92. The molecule has 0 saturated heterocycles. The van der Waals surface area contributed by atoms with Crippen LogP contribution in [0, 0.1) is 0 Å². The molecule has 130 valence electrons. The summed E-state index contributed by atoms with van der Waals surface area (Å²) in [6.45, 7) is 1.83. The molecule has 0 aliphatic carbocycles. The maximum atomic E-state index is 12.2. The molecule has 2 aromatic carbocycles. The molecular formula is C18H18N2O4S. The normalized spacial score (nSPS) is 13.9. The molecule has 1 aliphatic heterocycles. The molecular weight excluding hydrogens is 340 g/mol. The number of carbonyl (C=O) groups excluding carboxylic acids is 2. The van der Waals surface area contributed by atoms with E-state index in [1.165, 1.54) is 0 Å². The number of rotatable bonds is 6. The summed E-state index contributed by atoms with van der Waals surface area (Å²) in [5.41, 5.74) is 2.19. The molecule has 0 bridgehead atoms. The topological polar surface area (TPSA) is 83.6 Å². The zero-order valence-electron chi connectivity index (χ0n) is 13.7. The molecule has 2 amide bonds. The predicted octanol–water partition coefficient (Wildman–Crippen LogP) is 2.29. The van der Waals surface area contributed by atoms with Crippen molar-refractivity contribution in [2.45, 2.75) is 13.3 Å². The van der Waals surface area contributed by atoms with Crippen molar-refractivity contribution in [2.75, 3.05) is 17.0 Å². The summed E-state index contributed by atoms with van der Waals surface area (Å²) in [4.78, 5) is 25.5. The average molecular weight is 358 g/mol. The Hall–Kier alpha value is -2.67. The monoisotopic (exact) mass is 358 g/mol. The van der Waals surface area contributed by atoms with Gasteiger partial charge in [-0.15, -0.1) is 0 Å². The van der Waals surface area contributed by atoms with E-state index in [9.17, 15) is 18.0 Å². The maximum absolute atomic E-state index is 12.2. The zero-order valence-corrected chi connectivity index (χ0v) is 14.5. The molecule has 25 heavy (non-hydrogen) atoms. The zero-order chi connectivity index (χ0) is 18.0. The fourth-order valence-electron chi connectivity index (χ4n) is 2.69. The van der Waals surface area contributed by atoms with Gasteiger partial charge in [-0.05, 0) is 36.2 Å². The largest absolute Gasteiger partial charge is 0.284 e. The molecule has 1 heterocycles. The summed E-state index contributed by atoms with van der Waals surface area (Å²) in [6, 6.07) is 13.6. The van der Waals surface area contributed by atoms with Gasteiger partial charge in [0.15, 0.2) is 0 Å². The number of fused-ring (bicyclic) bond motifs is 1. The molecule has 0 saturated carbocycles. The Bertz CT molecular complexity index is 885. The van der Waals surface area contributed by atoms with Gasteiger partial charge in [-0.3, -0.25) is 19.2 Å². The molecule has 0 radical (unpaired) electrons. The van der Waals surface area contributed by atoms with Crippen LogP contribution in [0.3, 0.4) is 0 Å². The Morgan fingerprint density at radius 1 is 0.920 bits per heavy atom. The van der Waals surface area contributed by atoms with Crippen LogP contribution in [0.25, 0.3) is 0 Å². The van der Waals surface area contributed by atoms with E-state index >= 15 is 0 Å². The van der Waals surface area contributed by atoms with Gasteiger partial charge in [0.05, 0.1) is 16.9 Å². The first-order valence-corrected chi connectivity index (χ1v) is 9.61. The lowest BCUT2D eigenvalue weighted by Gasteiger charge is -2.14. The second kappa shape index (κ2) is 6.68. The third-order valence-corrected chi connectivity index (χ3v) is 5.36. The molecule has 2 aromatic rings. The Labute approximate surface area is 146 Å². The minimum absolute atomic E-state index is 0.186. The van der Waals surface area contributed by atoms with E-state index in [1.54, 1.807) is 36.4 Å². The van der Waals surface area contributed by atoms with Crippen LogP contribution in [0.2, 0.25) is 0 Å². The maximum Gasteiger partial charge on any atom is 0.261 e. The van der Waals surface area contributed by atoms with Gasteiger partial charge in [0.2, 0.25) is 10.0 Å². The van der Waals surface area contributed by atoms with Crippen molar-refractivity contribution >= 4 is 27.5 Å². The summed E-state index contributed by atoms with van der Waals surface area (Å²) in [5, 5.41) is 0. The van der Waals surface area contributed by atoms with Crippen LogP contribution in [0.15, 0.2) is 48.5 Å². The number of hydrogen-bond donors (Lipinski definition) is 1. The van der Waals surface area contributed by atoms with Crippen molar-refractivity contribution in [2.24, 2.45) is 0 Å². The lowest BCUT2D eigenvalue weighted by molar-refractivity contribution is 0.0664. The Kier molecular flexibility index (Phi) is 4.59. The number of nitrogens with one attached hydrogen (secondary N) is 1. The second-order valence-electron chi connectivity index (χ2n) is 5.78. The van der Waals surface area contributed by atoms with Gasteiger partial charge in [0, 0.05) is 12.2 Å². The van der Waals surface area contributed by atoms with Gasteiger partial charge in [-0.2, -0.15) is 0 Å². The highest BCUT2D eigenvalue weighted by atomic mass is 32.2. The van der Waals surface area contributed by atoms with E-state index in [-0.39, 0.29) is 12.3 Å². The van der Waals surface area contributed by atoms with Crippen LogP contribution in [0.1, 0.15) is 33.2 Å². The van der Waals surface area contributed by atoms with Gasteiger partial charge in [0.1, 0.15) is 0 Å². The van der Waals surface area contributed by atoms with E-state index in [0.717, 1.165) is 16.9 Å². The first-order chi connectivity index (χ1) is 11.9. The molecule has 1 aliphatic rings. The number of aryl methyl sites for hydroxylation is 1. The van der Waals surface area contributed by atoms with E-state index < -0.39 is 21.8 Å². The number of sulfonamides is 1. The van der Waals surface area contributed by atoms with Gasteiger partial charge >= 0.3 is 0 Å². The molecule has 3 rings (SSSR count). The molecule has 0 aromatic heterocycles. The van der Waals surface area contributed by atoms with Gasteiger partial charge in [-0.1, -0.05) is 31.2 Å². The minimum Gasteiger partial charge on any atom is -0.284 e. The van der Waals surface area contributed by atoms with Gasteiger partial charge in [-0.25, -0.2) is 8.42 Å². The van der Waals surface area contributed by atoms with Crippen molar-refractivity contribution in [3.63, 3.8) is 0 Å². The number of amides is 2. The third-order valence-electron chi connectivity index (χ3n) is 4.10. The number of benzene rings is 2. The lowest BCUT2D eigenvalue weighted by Crippen LogP contribution is -2.35. The Balaban J connectivity index is 1.66. The van der Waals surface area contributed by atoms with Crippen molar-refractivity contribution in [1.82, 2.24) is 4.90 Å². The smallest absolute Gasteiger partial charge is 0.261 e. The summed E-state index contributed by atoms with van der Waals surface area (Å²) in [5.74, 6) is -1.26. The van der Waals surface area contributed by atoms with Gasteiger partial charge < -0.3 is 0 Å². The van der Waals surface area contributed by atoms with Crippen molar-refractivity contribution in [1.29, 1.82) is 0 Å². The van der Waals surface area contributed by atoms with Crippen LogP contribution in [0.4, 0.5) is 5.69 Å². The molecule has 7 heteroatoms. The number of imide groups is 1. The quantitative estimate of drug-likeness (QED) is 0.803. The fourth-order valence-corrected chi connectivity index (χ4v) is 3.71. The minimum atomic E-state index is -3.67. The highest BCUT2D eigenvalue weighted by Crippen LogP contribution is 2.22. The standard InChI is InChI=1S/C18H18N2O4S/c1-2-13-7-9-14(10-8-13)19-25(23,24)12-11-20-17(21)15-5-3-4-6-16(15)18(20)22/h3-10,19H,2,11-12H2,1H3. The van der Waals surface area contributed by atoms with Crippen LogP contribution < -0.4 is 4.72 Å². The number of carbonyl (C=O) groups is 2.